The van der Waals surface area contributed by atoms with Crippen LogP contribution in [0.5, 0.6) is 11.5 Å². The molecule has 0 unspecified atom stereocenters. The highest BCUT2D eigenvalue weighted by Crippen LogP contribution is 2.54. The van der Waals surface area contributed by atoms with Crippen molar-refractivity contribution in [1.29, 1.82) is 0 Å². The Bertz CT molecular complexity index is 1380. The van der Waals surface area contributed by atoms with Crippen LogP contribution in [0.25, 0.3) is 0 Å². The number of carbonyl (C=O) groups excluding carboxylic acids is 1. The van der Waals surface area contributed by atoms with Crippen molar-refractivity contribution in [3.63, 3.8) is 0 Å². The Balaban J connectivity index is 2.28. The molecule has 1 aliphatic rings. The van der Waals surface area contributed by atoms with Gasteiger partial charge in [0.25, 0.3) is 0 Å². The minimum absolute atomic E-state index is 0.0375. The van der Waals surface area contributed by atoms with Crippen LogP contribution < -0.4 is 0 Å². The zero-order chi connectivity index (χ0) is 27.2. The van der Waals surface area contributed by atoms with Crippen molar-refractivity contribution in [3.8, 4) is 11.5 Å². The van der Waals surface area contributed by atoms with Crippen molar-refractivity contribution in [2.45, 2.75) is 59.0 Å². The summed E-state index contributed by atoms with van der Waals surface area (Å²) in [4.78, 5) is 25.6. The second-order valence-electron chi connectivity index (χ2n) is 8.94. The topological polar surface area (TPSA) is 104 Å². The number of hydrogen-bond acceptors (Lipinski definition) is 5. The summed E-state index contributed by atoms with van der Waals surface area (Å²) >= 11 is 7.18. The van der Waals surface area contributed by atoms with E-state index in [0.717, 1.165) is 11.1 Å². The Morgan fingerprint density at radius 2 is 1.27 bits per heavy atom. The van der Waals surface area contributed by atoms with E-state index in [1.54, 1.807) is 12.1 Å². The number of carboxylic acids is 1. The lowest BCUT2D eigenvalue weighted by atomic mass is 9.74. The molecule has 1 heterocycles. The molecule has 0 fully saturated rings. The average Bonchev–Trinajstić information content (AvgIpc) is 3.17. The number of benzene rings is 3. The number of esters is 1. The lowest BCUT2D eigenvalue weighted by Crippen LogP contribution is -2.32. The third-order valence-corrected chi connectivity index (χ3v) is 8.62. The number of aromatic hydroxyl groups is 2. The van der Waals surface area contributed by atoms with Gasteiger partial charge in [-0.15, -0.1) is 0 Å². The van der Waals surface area contributed by atoms with Crippen LogP contribution in [0, 0.1) is 0 Å². The maximum absolute atomic E-state index is 13.5. The lowest BCUT2D eigenvalue weighted by Gasteiger charge is -2.35. The summed E-state index contributed by atoms with van der Waals surface area (Å²) in [5, 5.41) is 32.5. The number of phenolic OH excluding ortho intramolecular Hbond substituents is 2. The van der Waals surface area contributed by atoms with E-state index in [9.17, 15) is 24.9 Å². The minimum Gasteiger partial charge on any atom is -0.507 e. The first-order valence-corrected chi connectivity index (χ1v) is 13.8. The van der Waals surface area contributed by atoms with Gasteiger partial charge in [-0.25, -0.2) is 9.59 Å². The molecule has 0 aliphatic carbocycles. The molecule has 3 aromatic carbocycles. The number of carboxylic acid groups (broad SMARTS) is 1. The number of carbonyl (C=O) groups is 2. The van der Waals surface area contributed by atoms with Gasteiger partial charge in [0, 0.05) is 47.9 Å². The highest BCUT2D eigenvalue weighted by Gasteiger charge is 2.53. The van der Waals surface area contributed by atoms with Crippen LogP contribution in [0.1, 0.15) is 87.4 Å². The maximum Gasteiger partial charge on any atom is 0.341 e. The minimum atomic E-state index is -1.60. The highest BCUT2D eigenvalue weighted by atomic mass is 79.9. The summed E-state index contributed by atoms with van der Waals surface area (Å²) in [7, 11) is 0. The molecule has 4 rings (SSSR count). The molecule has 0 aromatic heterocycles. The summed E-state index contributed by atoms with van der Waals surface area (Å²) in [6.07, 6.45) is 2.00. The van der Waals surface area contributed by atoms with E-state index in [-0.39, 0.29) is 22.6 Å². The van der Waals surface area contributed by atoms with Gasteiger partial charge in [0.15, 0.2) is 5.60 Å². The molecule has 0 amide bonds. The van der Waals surface area contributed by atoms with E-state index in [1.165, 1.54) is 6.07 Å². The number of ether oxygens (including phenoxy) is 1. The Kier molecular flexibility index (Phi) is 7.45. The zero-order valence-corrected chi connectivity index (χ0v) is 24.2. The molecule has 0 bridgehead atoms. The van der Waals surface area contributed by atoms with E-state index in [4.69, 9.17) is 4.74 Å². The standard InChI is InChI=1S/C29H28Br2O6/c1-5-14-20(12-22(30)16(7-3)25(14)32)29(21-13-23(31)17(8-4)26(33)15(21)6-2)19-11-9-10-18(27(34)35)24(19)28(36)37-29/h9-13,32-33H,5-8H2,1-4H3,(H,34,35). The van der Waals surface area contributed by atoms with Gasteiger partial charge in [-0.2, -0.15) is 0 Å². The molecule has 0 atom stereocenters. The number of rotatable bonds is 7. The van der Waals surface area contributed by atoms with Crippen molar-refractivity contribution in [1.82, 2.24) is 0 Å². The van der Waals surface area contributed by atoms with Crippen LogP contribution in [0.15, 0.2) is 39.3 Å². The van der Waals surface area contributed by atoms with Crippen LogP contribution in [-0.4, -0.2) is 27.3 Å². The molecule has 0 radical (unpaired) electrons. The fourth-order valence-corrected chi connectivity index (χ4v) is 6.89. The molecule has 0 saturated heterocycles. The largest absolute Gasteiger partial charge is 0.507 e. The third-order valence-electron chi connectivity index (χ3n) is 7.21. The Hall–Kier alpha value is -2.84. The summed E-state index contributed by atoms with van der Waals surface area (Å²) < 4.78 is 7.55. The number of phenols is 2. The first kappa shape index (κ1) is 27.2. The normalized spacial score (nSPS) is 13.9. The molecule has 3 aromatic rings. The summed E-state index contributed by atoms with van der Waals surface area (Å²) in [6.45, 7) is 7.68. The number of aromatic carboxylic acids is 1. The molecule has 6 nitrogen and oxygen atoms in total. The van der Waals surface area contributed by atoms with Crippen molar-refractivity contribution in [2.24, 2.45) is 0 Å². The average molecular weight is 632 g/mol. The number of cyclic esters (lactones) is 1. The van der Waals surface area contributed by atoms with E-state index >= 15 is 0 Å². The van der Waals surface area contributed by atoms with Crippen molar-refractivity contribution in [2.75, 3.05) is 0 Å². The van der Waals surface area contributed by atoms with Gasteiger partial charge < -0.3 is 20.1 Å². The summed E-state index contributed by atoms with van der Waals surface area (Å²) in [5.41, 5.74) is 2.18. The number of hydrogen-bond donors (Lipinski definition) is 3. The van der Waals surface area contributed by atoms with Crippen LogP contribution in [0.2, 0.25) is 0 Å². The zero-order valence-electron chi connectivity index (χ0n) is 21.0. The van der Waals surface area contributed by atoms with Gasteiger partial charge in [0.05, 0.1) is 11.1 Å². The Morgan fingerprint density at radius 3 is 1.68 bits per heavy atom. The third kappa shape index (κ3) is 3.96. The van der Waals surface area contributed by atoms with Gasteiger partial charge in [-0.1, -0.05) is 71.7 Å². The van der Waals surface area contributed by atoms with Crippen LogP contribution >= 0.6 is 31.9 Å². The lowest BCUT2D eigenvalue weighted by molar-refractivity contribution is 0.0242. The van der Waals surface area contributed by atoms with Crippen molar-refractivity contribution < 1.29 is 29.6 Å². The Labute approximate surface area is 232 Å². The summed E-state index contributed by atoms with van der Waals surface area (Å²) in [5.74, 6) is -1.83. The molecule has 3 N–H and O–H groups in total. The Morgan fingerprint density at radius 1 is 0.811 bits per heavy atom. The molecule has 194 valence electrons. The second kappa shape index (κ2) is 10.1. The van der Waals surface area contributed by atoms with E-state index < -0.39 is 17.5 Å². The van der Waals surface area contributed by atoms with Crippen LogP contribution in [0.4, 0.5) is 0 Å². The van der Waals surface area contributed by atoms with Crippen LogP contribution in [0.3, 0.4) is 0 Å². The van der Waals surface area contributed by atoms with E-state index in [2.05, 4.69) is 31.9 Å². The maximum atomic E-state index is 13.5. The molecule has 1 aliphatic heterocycles. The second-order valence-corrected chi connectivity index (χ2v) is 10.7. The first-order chi connectivity index (χ1) is 17.6. The summed E-state index contributed by atoms with van der Waals surface area (Å²) in [6, 6.07) is 8.32. The van der Waals surface area contributed by atoms with Crippen molar-refractivity contribution in [3.05, 3.63) is 89.3 Å². The molecule has 37 heavy (non-hydrogen) atoms. The van der Waals surface area contributed by atoms with Gasteiger partial charge in [0.1, 0.15) is 11.5 Å². The number of fused-ring (bicyclic) bond motifs is 1. The van der Waals surface area contributed by atoms with E-state index in [1.807, 2.05) is 39.8 Å². The predicted octanol–water partition coefficient (Wildman–Crippen LogP) is 7.03. The van der Waals surface area contributed by atoms with E-state index in [0.29, 0.717) is 62.4 Å². The molecule has 0 saturated carbocycles. The monoisotopic (exact) mass is 630 g/mol. The highest BCUT2D eigenvalue weighted by molar-refractivity contribution is 9.10. The molecule has 8 heteroatoms. The fraction of sp³-hybridized carbons (Fsp3) is 0.310. The fourth-order valence-electron chi connectivity index (χ4n) is 5.50. The van der Waals surface area contributed by atoms with Crippen molar-refractivity contribution >= 4 is 43.8 Å². The van der Waals surface area contributed by atoms with Gasteiger partial charge in [-0.3, -0.25) is 0 Å². The molecule has 0 spiro atoms. The van der Waals surface area contributed by atoms with Crippen LogP contribution in [-0.2, 0) is 36.0 Å². The quantitative estimate of drug-likeness (QED) is 0.242. The van der Waals surface area contributed by atoms with Gasteiger partial charge in [-0.05, 0) is 43.9 Å². The first-order valence-electron chi connectivity index (χ1n) is 12.3. The smallest absolute Gasteiger partial charge is 0.341 e. The predicted molar refractivity (Wildman–Crippen MR) is 148 cm³/mol. The van der Waals surface area contributed by atoms with Gasteiger partial charge in [0.2, 0.25) is 0 Å². The number of halogens is 2. The SMILES string of the molecule is CCc1c(Br)cc(C2(c3cc(Br)c(CC)c(O)c3CC)OC(=O)c3c(C(=O)O)cccc32)c(CC)c1O. The molecular weight excluding hydrogens is 604 g/mol. The van der Waals surface area contributed by atoms with Gasteiger partial charge >= 0.3 is 11.9 Å². The molecular formula is C29H28Br2O6.